The molecule has 0 spiro atoms. The van der Waals surface area contributed by atoms with Crippen molar-refractivity contribution in [3.63, 3.8) is 0 Å². The van der Waals surface area contributed by atoms with Crippen molar-refractivity contribution in [2.75, 3.05) is 31.6 Å². The van der Waals surface area contributed by atoms with E-state index in [0.717, 1.165) is 0 Å². The third kappa shape index (κ3) is 5.20. The van der Waals surface area contributed by atoms with Gasteiger partial charge >= 0.3 is 0 Å². The smallest absolute Gasteiger partial charge is 0.255 e. The van der Waals surface area contributed by atoms with Crippen molar-refractivity contribution < 1.29 is 14.3 Å². The molecule has 1 aliphatic heterocycles. The van der Waals surface area contributed by atoms with Gasteiger partial charge in [-0.25, -0.2) is 0 Å². The van der Waals surface area contributed by atoms with E-state index in [-0.39, 0.29) is 17.9 Å². The van der Waals surface area contributed by atoms with Crippen LogP contribution in [0.3, 0.4) is 0 Å². The Labute approximate surface area is 140 Å². The molecule has 1 unspecified atom stereocenters. The number of hydrogen-bond donors (Lipinski definition) is 2. The lowest BCUT2D eigenvalue weighted by Crippen LogP contribution is -2.40. The van der Waals surface area contributed by atoms with Crippen LogP contribution in [0.15, 0.2) is 18.2 Å². The summed E-state index contributed by atoms with van der Waals surface area (Å²) in [4.78, 5) is 25.9. The zero-order valence-electron chi connectivity index (χ0n) is 13.2. The minimum atomic E-state index is -0.120. The van der Waals surface area contributed by atoms with Gasteiger partial charge in [0.25, 0.3) is 5.91 Å². The number of nitrogens with one attached hydrogen (secondary N) is 1. The number of hydrogen-bond acceptors (Lipinski definition) is 4. The van der Waals surface area contributed by atoms with Gasteiger partial charge in [-0.1, -0.05) is 11.6 Å². The summed E-state index contributed by atoms with van der Waals surface area (Å²) < 4.78 is 5.24. The van der Waals surface area contributed by atoms with Crippen LogP contribution in [0.1, 0.15) is 30.1 Å². The third-order valence-corrected chi connectivity index (χ3v) is 3.92. The fourth-order valence-corrected chi connectivity index (χ4v) is 2.55. The van der Waals surface area contributed by atoms with Crippen LogP contribution in [-0.4, -0.2) is 49.1 Å². The van der Waals surface area contributed by atoms with Gasteiger partial charge in [-0.3, -0.25) is 9.59 Å². The van der Waals surface area contributed by atoms with Gasteiger partial charge in [0, 0.05) is 31.2 Å². The molecule has 126 valence electrons. The average molecular weight is 340 g/mol. The van der Waals surface area contributed by atoms with Gasteiger partial charge in [-0.2, -0.15) is 0 Å². The molecule has 1 fully saturated rings. The number of halogens is 1. The first-order chi connectivity index (χ1) is 11.0. The number of rotatable bonds is 5. The van der Waals surface area contributed by atoms with Gasteiger partial charge in [-0.05, 0) is 31.5 Å². The molecule has 0 radical (unpaired) electrons. The number of anilines is 1. The Morgan fingerprint density at radius 3 is 2.70 bits per heavy atom. The van der Waals surface area contributed by atoms with E-state index >= 15 is 0 Å². The van der Waals surface area contributed by atoms with E-state index in [9.17, 15) is 9.59 Å². The summed E-state index contributed by atoms with van der Waals surface area (Å²) in [5.74, 6) is -0.237. The Bertz CT molecular complexity index is 572. The van der Waals surface area contributed by atoms with Gasteiger partial charge in [0.05, 0.1) is 23.8 Å². The second-order valence-corrected chi connectivity index (χ2v) is 6.07. The van der Waals surface area contributed by atoms with Crippen LogP contribution in [0.2, 0.25) is 5.02 Å². The maximum Gasteiger partial charge on any atom is 0.255 e. The second kappa shape index (κ2) is 8.29. The number of amides is 2. The second-order valence-electron chi connectivity index (χ2n) is 5.66. The molecule has 0 aromatic heterocycles. The molecule has 0 bridgehead atoms. The number of nitrogens with zero attached hydrogens (tertiary/aromatic N) is 1. The van der Waals surface area contributed by atoms with Crippen molar-refractivity contribution in [2.45, 2.75) is 25.8 Å². The maximum atomic E-state index is 12.4. The van der Waals surface area contributed by atoms with Crippen LogP contribution in [0.4, 0.5) is 5.69 Å². The Morgan fingerprint density at radius 1 is 1.39 bits per heavy atom. The Balaban J connectivity index is 1.99. The van der Waals surface area contributed by atoms with Crippen LogP contribution >= 0.6 is 11.6 Å². The van der Waals surface area contributed by atoms with Crippen molar-refractivity contribution in [1.29, 1.82) is 0 Å². The highest BCUT2D eigenvalue weighted by Crippen LogP contribution is 2.23. The summed E-state index contributed by atoms with van der Waals surface area (Å²) in [6.45, 7) is 4.06. The normalized spacial score (nSPS) is 16.0. The summed E-state index contributed by atoms with van der Waals surface area (Å²) in [6, 6.07) is 4.90. The summed E-state index contributed by atoms with van der Waals surface area (Å²) in [5, 5.41) is 3.09. The molecule has 2 amide bonds. The quantitative estimate of drug-likeness (QED) is 0.857. The summed E-state index contributed by atoms with van der Waals surface area (Å²) in [5.41, 5.74) is 6.64. The summed E-state index contributed by atoms with van der Waals surface area (Å²) in [6.07, 6.45) is 0.969. The van der Waals surface area contributed by atoms with Crippen molar-refractivity contribution >= 4 is 29.1 Å². The zero-order valence-corrected chi connectivity index (χ0v) is 13.9. The van der Waals surface area contributed by atoms with Gasteiger partial charge in [0.15, 0.2) is 0 Å². The van der Waals surface area contributed by atoms with E-state index in [1.165, 1.54) is 0 Å². The molecular formula is C16H22ClN3O3. The fourth-order valence-electron chi connectivity index (χ4n) is 2.29. The standard InChI is InChI=1S/C16H22ClN3O3/c1-11(18)2-5-15(21)19-12-3-4-13(14(17)10-12)16(22)20-6-8-23-9-7-20/h3-4,10-11H,2,5-9,18H2,1H3,(H,19,21). The van der Waals surface area contributed by atoms with Crippen LogP contribution in [0.5, 0.6) is 0 Å². The maximum absolute atomic E-state index is 12.4. The number of carbonyl (C=O) groups excluding carboxylic acids is 2. The topological polar surface area (TPSA) is 84.7 Å². The molecule has 0 saturated carbocycles. The van der Waals surface area contributed by atoms with E-state index in [4.69, 9.17) is 22.1 Å². The molecule has 1 aromatic carbocycles. The highest BCUT2D eigenvalue weighted by atomic mass is 35.5. The number of ether oxygens (including phenoxy) is 1. The van der Waals surface area contributed by atoms with Gasteiger partial charge in [0.1, 0.15) is 0 Å². The van der Waals surface area contributed by atoms with E-state index in [2.05, 4.69) is 5.32 Å². The average Bonchev–Trinajstić information content (AvgIpc) is 2.53. The predicted octanol–water partition coefficient (Wildman–Crippen LogP) is 1.88. The first-order valence-electron chi connectivity index (χ1n) is 7.69. The number of carbonyl (C=O) groups is 2. The number of nitrogens with two attached hydrogens (primary N) is 1. The van der Waals surface area contributed by atoms with E-state index in [0.29, 0.717) is 55.4 Å². The molecule has 1 saturated heterocycles. The molecule has 6 nitrogen and oxygen atoms in total. The summed E-state index contributed by atoms with van der Waals surface area (Å²) in [7, 11) is 0. The summed E-state index contributed by atoms with van der Waals surface area (Å²) >= 11 is 6.20. The first kappa shape index (κ1) is 17.7. The zero-order chi connectivity index (χ0) is 16.8. The highest BCUT2D eigenvalue weighted by Gasteiger charge is 2.20. The highest BCUT2D eigenvalue weighted by molar-refractivity contribution is 6.34. The predicted molar refractivity (Wildman–Crippen MR) is 89.7 cm³/mol. The number of morpholine rings is 1. The molecular weight excluding hydrogens is 318 g/mol. The monoisotopic (exact) mass is 339 g/mol. The van der Waals surface area contributed by atoms with Crippen LogP contribution in [-0.2, 0) is 9.53 Å². The third-order valence-electron chi connectivity index (χ3n) is 3.61. The minimum Gasteiger partial charge on any atom is -0.378 e. The first-order valence-corrected chi connectivity index (χ1v) is 8.07. The van der Waals surface area contributed by atoms with Crippen molar-refractivity contribution in [3.05, 3.63) is 28.8 Å². The SMILES string of the molecule is CC(N)CCC(=O)Nc1ccc(C(=O)N2CCOCC2)c(Cl)c1. The van der Waals surface area contributed by atoms with Crippen LogP contribution < -0.4 is 11.1 Å². The minimum absolute atomic E-state index is 0.0159. The van der Waals surface area contributed by atoms with Crippen molar-refractivity contribution in [2.24, 2.45) is 5.73 Å². The van der Waals surface area contributed by atoms with E-state index < -0.39 is 0 Å². The fraction of sp³-hybridized carbons (Fsp3) is 0.500. The molecule has 1 heterocycles. The molecule has 7 heteroatoms. The molecule has 2 rings (SSSR count). The van der Waals surface area contributed by atoms with E-state index in [1.54, 1.807) is 23.1 Å². The van der Waals surface area contributed by atoms with Gasteiger partial charge in [-0.15, -0.1) is 0 Å². The van der Waals surface area contributed by atoms with E-state index in [1.807, 2.05) is 6.92 Å². The molecule has 3 N–H and O–H groups in total. The van der Waals surface area contributed by atoms with Crippen LogP contribution in [0, 0.1) is 0 Å². The lowest BCUT2D eigenvalue weighted by Gasteiger charge is -2.27. The Hall–Kier alpha value is -1.63. The lowest BCUT2D eigenvalue weighted by atomic mass is 10.1. The molecule has 1 aromatic rings. The lowest BCUT2D eigenvalue weighted by molar-refractivity contribution is -0.116. The van der Waals surface area contributed by atoms with Crippen molar-refractivity contribution in [1.82, 2.24) is 4.90 Å². The number of benzene rings is 1. The van der Waals surface area contributed by atoms with Crippen molar-refractivity contribution in [3.8, 4) is 0 Å². The Morgan fingerprint density at radius 2 is 2.09 bits per heavy atom. The molecule has 1 aliphatic rings. The molecule has 23 heavy (non-hydrogen) atoms. The Kier molecular flexibility index (Phi) is 6.38. The molecule has 1 atom stereocenters. The van der Waals surface area contributed by atoms with Gasteiger partial charge < -0.3 is 20.7 Å². The van der Waals surface area contributed by atoms with Crippen LogP contribution in [0.25, 0.3) is 0 Å². The van der Waals surface area contributed by atoms with Gasteiger partial charge in [0.2, 0.25) is 5.91 Å². The largest absolute Gasteiger partial charge is 0.378 e. The molecule has 0 aliphatic carbocycles.